The third kappa shape index (κ3) is 2.79. The van der Waals surface area contributed by atoms with E-state index in [1.165, 1.54) is 25.1 Å². The van der Waals surface area contributed by atoms with E-state index in [4.69, 9.17) is 10.2 Å². The van der Waals surface area contributed by atoms with Gasteiger partial charge in [0.2, 0.25) is 5.82 Å². The van der Waals surface area contributed by atoms with Gasteiger partial charge in [-0.3, -0.25) is 0 Å². The normalized spacial score (nSPS) is 10.7. The fourth-order valence-electron chi connectivity index (χ4n) is 1.64. The van der Waals surface area contributed by atoms with Crippen molar-refractivity contribution in [3.63, 3.8) is 0 Å². The molecule has 2 N–H and O–H groups in total. The van der Waals surface area contributed by atoms with Crippen molar-refractivity contribution in [2.24, 2.45) is 0 Å². The predicted molar refractivity (Wildman–Crippen MR) is 75.9 cm³/mol. The Morgan fingerprint density at radius 3 is 3.00 bits per heavy atom. The summed E-state index contributed by atoms with van der Waals surface area (Å²) in [6.45, 7) is 0. The van der Waals surface area contributed by atoms with Gasteiger partial charge in [0, 0.05) is 18.0 Å². The van der Waals surface area contributed by atoms with Crippen LogP contribution in [0.3, 0.4) is 0 Å². The number of nitrogen functional groups attached to an aromatic ring is 1. The number of nitrogens with zero attached hydrogens (tertiary/aromatic N) is 3. The van der Waals surface area contributed by atoms with Crippen LogP contribution >= 0.6 is 11.8 Å². The summed E-state index contributed by atoms with van der Waals surface area (Å²) in [5.41, 5.74) is 7.59. The number of fused-ring (bicyclic) bond motifs is 1. The molecule has 0 amide bonds. The fraction of sp³-hybridized carbons (Fsp3) is 0.0769. The molecule has 2 aromatic heterocycles. The van der Waals surface area contributed by atoms with Gasteiger partial charge in [0.1, 0.15) is 10.5 Å². The van der Waals surface area contributed by atoms with Gasteiger partial charge in [-0.2, -0.15) is 0 Å². The van der Waals surface area contributed by atoms with E-state index in [2.05, 4.69) is 19.7 Å². The molecule has 0 atom stereocenters. The number of hydrogen-bond donors (Lipinski definition) is 1. The van der Waals surface area contributed by atoms with Crippen molar-refractivity contribution in [2.45, 2.75) is 10.2 Å². The molecule has 7 nitrogen and oxygen atoms in total. The van der Waals surface area contributed by atoms with Crippen molar-refractivity contribution in [1.82, 2.24) is 15.0 Å². The highest BCUT2D eigenvalue weighted by atomic mass is 32.2. The molecule has 21 heavy (non-hydrogen) atoms. The Bertz CT molecular complexity index is 818. The van der Waals surface area contributed by atoms with E-state index >= 15 is 0 Å². The third-order valence-corrected chi connectivity index (χ3v) is 3.37. The SMILES string of the molecule is COC(=O)c1nccc(Sc2nc3ccc(N)cc3o2)n1. The van der Waals surface area contributed by atoms with Gasteiger partial charge in [-0.15, -0.1) is 0 Å². The Morgan fingerprint density at radius 2 is 2.19 bits per heavy atom. The number of anilines is 1. The van der Waals surface area contributed by atoms with Crippen LogP contribution < -0.4 is 5.73 Å². The molecule has 106 valence electrons. The van der Waals surface area contributed by atoms with Crippen molar-refractivity contribution in [3.05, 3.63) is 36.3 Å². The molecule has 8 heteroatoms. The highest BCUT2D eigenvalue weighted by Gasteiger charge is 2.13. The molecule has 0 aliphatic rings. The average Bonchev–Trinajstić information content (AvgIpc) is 2.88. The second kappa shape index (κ2) is 5.41. The summed E-state index contributed by atoms with van der Waals surface area (Å²) in [5.74, 6) is -0.606. The molecule has 0 radical (unpaired) electrons. The van der Waals surface area contributed by atoms with Crippen LogP contribution in [0.25, 0.3) is 11.1 Å². The number of rotatable bonds is 3. The standard InChI is InChI=1S/C13H10N4O3S/c1-19-12(18)11-15-5-4-10(17-11)21-13-16-8-3-2-7(14)6-9(8)20-13/h2-6H,14H2,1H3. The Labute approximate surface area is 123 Å². The van der Waals surface area contributed by atoms with Crippen molar-refractivity contribution in [2.75, 3.05) is 12.8 Å². The van der Waals surface area contributed by atoms with Gasteiger partial charge in [-0.05, 0) is 30.0 Å². The molecule has 0 unspecified atom stereocenters. The maximum absolute atomic E-state index is 11.4. The molecule has 0 fully saturated rings. The third-order valence-electron chi connectivity index (χ3n) is 2.58. The van der Waals surface area contributed by atoms with Gasteiger partial charge in [0.15, 0.2) is 5.58 Å². The van der Waals surface area contributed by atoms with Crippen LogP contribution in [0.5, 0.6) is 0 Å². The highest BCUT2D eigenvalue weighted by molar-refractivity contribution is 7.99. The molecule has 0 aliphatic heterocycles. The molecule has 2 heterocycles. The zero-order chi connectivity index (χ0) is 14.8. The first kappa shape index (κ1) is 13.4. The van der Waals surface area contributed by atoms with Gasteiger partial charge in [-0.1, -0.05) is 0 Å². The lowest BCUT2D eigenvalue weighted by atomic mass is 10.3. The number of aromatic nitrogens is 3. The maximum atomic E-state index is 11.4. The van der Waals surface area contributed by atoms with Crippen LogP contribution in [0.4, 0.5) is 5.69 Å². The van der Waals surface area contributed by atoms with Gasteiger partial charge in [0.25, 0.3) is 5.22 Å². The van der Waals surface area contributed by atoms with Crippen molar-refractivity contribution < 1.29 is 13.9 Å². The molecule has 0 bridgehead atoms. The van der Waals surface area contributed by atoms with Crippen molar-refractivity contribution in [3.8, 4) is 0 Å². The van der Waals surface area contributed by atoms with Gasteiger partial charge < -0.3 is 14.9 Å². The number of carbonyl (C=O) groups excluding carboxylic acids is 1. The predicted octanol–water partition coefficient (Wildman–Crippen LogP) is 2.14. The molecule has 0 saturated carbocycles. The number of nitrogens with two attached hydrogens (primary N) is 1. The monoisotopic (exact) mass is 302 g/mol. The van der Waals surface area contributed by atoms with Crippen LogP contribution in [0, 0.1) is 0 Å². The molecule has 3 aromatic rings. The summed E-state index contributed by atoms with van der Waals surface area (Å²) in [7, 11) is 1.27. The van der Waals surface area contributed by atoms with Crippen LogP contribution in [0.2, 0.25) is 0 Å². The minimum Gasteiger partial charge on any atom is -0.463 e. The number of carbonyl (C=O) groups is 1. The van der Waals surface area contributed by atoms with E-state index in [9.17, 15) is 4.79 Å². The van der Waals surface area contributed by atoms with Gasteiger partial charge in [0.05, 0.1) is 7.11 Å². The molecule has 0 saturated heterocycles. The van der Waals surface area contributed by atoms with Crippen LogP contribution in [-0.2, 0) is 4.74 Å². The first-order valence-electron chi connectivity index (χ1n) is 5.91. The molecule has 0 spiro atoms. The number of methoxy groups -OCH3 is 1. The smallest absolute Gasteiger partial charge is 0.376 e. The number of esters is 1. The quantitative estimate of drug-likeness (QED) is 0.446. The van der Waals surface area contributed by atoms with E-state index in [-0.39, 0.29) is 5.82 Å². The van der Waals surface area contributed by atoms with E-state index in [0.717, 1.165) is 0 Å². The average molecular weight is 302 g/mol. The Balaban J connectivity index is 1.89. The maximum Gasteiger partial charge on any atom is 0.376 e. The Kier molecular flexibility index (Phi) is 3.44. The van der Waals surface area contributed by atoms with Gasteiger partial charge in [-0.25, -0.2) is 19.7 Å². The van der Waals surface area contributed by atoms with Gasteiger partial charge >= 0.3 is 5.97 Å². The number of oxazole rings is 1. The van der Waals surface area contributed by atoms with Crippen LogP contribution in [-0.4, -0.2) is 28.0 Å². The zero-order valence-corrected chi connectivity index (χ0v) is 11.8. The first-order valence-corrected chi connectivity index (χ1v) is 6.72. The van der Waals surface area contributed by atoms with Crippen LogP contribution in [0.15, 0.2) is 45.1 Å². The highest BCUT2D eigenvalue weighted by Crippen LogP contribution is 2.29. The lowest BCUT2D eigenvalue weighted by molar-refractivity contribution is 0.0585. The largest absolute Gasteiger partial charge is 0.463 e. The van der Waals surface area contributed by atoms with E-state index < -0.39 is 5.97 Å². The summed E-state index contributed by atoms with van der Waals surface area (Å²) in [4.78, 5) is 23.6. The Morgan fingerprint density at radius 1 is 1.33 bits per heavy atom. The summed E-state index contributed by atoms with van der Waals surface area (Å²) in [5, 5.41) is 0.940. The second-order valence-corrected chi connectivity index (χ2v) is 4.99. The fourth-order valence-corrected chi connectivity index (χ4v) is 2.36. The summed E-state index contributed by atoms with van der Waals surface area (Å²) < 4.78 is 10.2. The number of ether oxygens (including phenoxy) is 1. The van der Waals surface area contributed by atoms with Crippen molar-refractivity contribution >= 4 is 34.5 Å². The lowest BCUT2D eigenvalue weighted by Gasteiger charge is -1.99. The summed E-state index contributed by atoms with van der Waals surface area (Å²) in [6.07, 6.45) is 1.47. The second-order valence-electron chi connectivity index (χ2n) is 4.02. The first-order chi connectivity index (χ1) is 10.2. The van der Waals surface area contributed by atoms with Crippen molar-refractivity contribution in [1.29, 1.82) is 0 Å². The molecule has 3 rings (SSSR count). The molecule has 1 aromatic carbocycles. The Hall–Kier alpha value is -2.61. The minimum absolute atomic E-state index is 0.0112. The minimum atomic E-state index is -0.595. The van der Waals surface area contributed by atoms with Crippen LogP contribution in [0.1, 0.15) is 10.6 Å². The molecule has 0 aliphatic carbocycles. The van der Waals surface area contributed by atoms with E-state index in [0.29, 0.717) is 27.0 Å². The molecular weight excluding hydrogens is 292 g/mol. The lowest BCUT2D eigenvalue weighted by Crippen LogP contribution is -2.07. The number of hydrogen-bond acceptors (Lipinski definition) is 8. The zero-order valence-electron chi connectivity index (χ0n) is 10.9. The topological polar surface area (TPSA) is 104 Å². The number of benzene rings is 1. The molecular formula is C13H10N4O3S. The van der Waals surface area contributed by atoms with E-state index in [1.807, 2.05) is 0 Å². The van der Waals surface area contributed by atoms with E-state index in [1.54, 1.807) is 24.3 Å². The summed E-state index contributed by atoms with van der Waals surface area (Å²) in [6, 6.07) is 6.88. The summed E-state index contributed by atoms with van der Waals surface area (Å²) >= 11 is 1.18.